The number of fused-ring (bicyclic) bond motifs is 1. The van der Waals surface area contributed by atoms with Crippen molar-refractivity contribution in [1.82, 2.24) is 19.1 Å². The number of nitrogens with zero attached hydrogens (tertiary/aromatic N) is 4. The summed E-state index contributed by atoms with van der Waals surface area (Å²) in [5.74, 6) is 0.820. The van der Waals surface area contributed by atoms with E-state index in [4.69, 9.17) is 10.5 Å². The van der Waals surface area contributed by atoms with Crippen molar-refractivity contribution in [3.8, 4) is 5.82 Å². The van der Waals surface area contributed by atoms with Gasteiger partial charge in [-0.2, -0.15) is 0 Å². The number of pyridine rings is 1. The molecule has 2 N–H and O–H groups in total. The van der Waals surface area contributed by atoms with Crippen LogP contribution in [-0.4, -0.2) is 30.8 Å². The summed E-state index contributed by atoms with van der Waals surface area (Å²) in [7, 11) is 0. The van der Waals surface area contributed by atoms with Crippen LogP contribution in [0.5, 0.6) is 0 Å². The Bertz CT molecular complexity index is 923. The maximum absolute atomic E-state index is 9.00. The quantitative estimate of drug-likeness (QED) is 0.773. The lowest BCUT2D eigenvalue weighted by atomic mass is 10.2. The molecule has 6 nitrogen and oxygen atoms in total. The Morgan fingerprint density at radius 1 is 1.22 bits per heavy atom. The molecule has 0 unspecified atom stereocenters. The number of aliphatic hydroxyl groups excluding tert-OH is 1. The molecule has 0 atom stereocenters. The van der Waals surface area contributed by atoms with E-state index < -0.39 is 0 Å². The highest BCUT2D eigenvalue weighted by molar-refractivity contribution is 5.82. The molecule has 3 heterocycles. The van der Waals surface area contributed by atoms with Gasteiger partial charge in [0.15, 0.2) is 5.65 Å². The summed E-state index contributed by atoms with van der Waals surface area (Å²) >= 11 is 0. The van der Waals surface area contributed by atoms with Crippen LogP contribution in [0.2, 0.25) is 0 Å². The van der Waals surface area contributed by atoms with Crippen molar-refractivity contribution >= 4 is 11.0 Å². The third-order valence-corrected chi connectivity index (χ3v) is 4.19. The predicted octanol–water partition coefficient (Wildman–Crippen LogP) is 2.01. The van der Waals surface area contributed by atoms with Crippen LogP contribution in [0, 0.1) is 26.2 Å². The van der Waals surface area contributed by atoms with Crippen LogP contribution in [-0.2, 0) is 6.54 Å². The average Bonchev–Trinajstić information content (AvgIpc) is 2.79. The third-order valence-electron chi connectivity index (χ3n) is 4.19. The van der Waals surface area contributed by atoms with Gasteiger partial charge < -0.3 is 9.67 Å². The number of hydrogen-bond acceptors (Lipinski definition) is 4. The molecule has 0 spiro atoms. The number of hydrogen-bond donors (Lipinski definition) is 2. The first kappa shape index (κ1) is 15.4. The van der Waals surface area contributed by atoms with Crippen molar-refractivity contribution in [2.45, 2.75) is 33.7 Å². The highest BCUT2D eigenvalue weighted by atomic mass is 16.3. The van der Waals surface area contributed by atoms with Crippen molar-refractivity contribution in [2.24, 2.45) is 0 Å². The highest BCUT2D eigenvalue weighted by Crippen LogP contribution is 2.24. The molecule has 0 aliphatic carbocycles. The summed E-state index contributed by atoms with van der Waals surface area (Å²) in [6.45, 7) is 6.70. The molecule has 3 aromatic rings. The third kappa shape index (κ3) is 2.55. The minimum Gasteiger partial charge on any atom is -0.396 e. The summed E-state index contributed by atoms with van der Waals surface area (Å²) in [5, 5.41) is 18.3. The number of rotatable bonds is 4. The zero-order valence-electron chi connectivity index (χ0n) is 13.7. The van der Waals surface area contributed by atoms with Gasteiger partial charge >= 0.3 is 0 Å². The average molecular weight is 311 g/mol. The summed E-state index contributed by atoms with van der Waals surface area (Å²) < 4.78 is 3.78. The maximum Gasteiger partial charge on any atom is 0.151 e. The summed E-state index contributed by atoms with van der Waals surface area (Å²) in [5.41, 5.74) is 4.21. The zero-order valence-corrected chi connectivity index (χ0v) is 13.7. The van der Waals surface area contributed by atoms with E-state index in [1.165, 1.54) is 0 Å². The fourth-order valence-electron chi connectivity index (χ4n) is 2.86. The Morgan fingerprint density at radius 3 is 2.70 bits per heavy atom. The molecule has 0 amide bonds. The minimum absolute atomic E-state index is 0.108. The van der Waals surface area contributed by atoms with E-state index >= 15 is 0 Å². The fraction of sp³-hybridized carbons (Fsp3) is 0.353. The molecule has 0 radical (unpaired) electrons. The molecule has 0 saturated heterocycles. The van der Waals surface area contributed by atoms with E-state index in [1.807, 2.05) is 43.5 Å². The summed E-state index contributed by atoms with van der Waals surface area (Å²) in [6, 6.07) is 5.89. The standard InChI is InChI=1S/C17H21N5O/c1-11-6-4-7-14(20-11)22-13(3)12(2)15-16(18)21(8-5-9-23)10-19-17(15)22/h4,6-7,10,18,23H,5,8-9H2,1-3H3. The van der Waals surface area contributed by atoms with E-state index in [9.17, 15) is 0 Å². The van der Waals surface area contributed by atoms with E-state index in [0.29, 0.717) is 18.5 Å². The van der Waals surface area contributed by atoms with Gasteiger partial charge in [0.1, 0.15) is 11.3 Å². The Morgan fingerprint density at radius 2 is 2.00 bits per heavy atom. The summed E-state index contributed by atoms with van der Waals surface area (Å²) in [4.78, 5) is 9.16. The first-order valence-corrected chi connectivity index (χ1v) is 7.71. The Kier molecular flexibility index (Phi) is 4.00. The molecule has 3 rings (SSSR count). The second kappa shape index (κ2) is 5.96. The van der Waals surface area contributed by atoms with Crippen LogP contribution in [0.3, 0.4) is 0 Å². The van der Waals surface area contributed by atoms with Gasteiger partial charge in [0.05, 0.1) is 11.7 Å². The van der Waals surface area contributed by atoms with Crippen LogP contribution in [0.15, 0.2) is 24.5 Å². The van der Waals surface area contributed by atoms with Gasteiger partial charge in [-0.1, -0.05) is 6.07 Å². The van der Waals surface area contributed by atoms with Crippen LogP contribution >= 0.6 is 0 Å². The van der Waals surface area contributed by atoms with Gasteiger partial charge in [0, 0.05) is 24.5 Å². The molecular weight excluding hydrogens is 290 g/mol. The van der Waals surface area contributed by atoms with Crippen molar-refractivity contribution in [3.05, 3.63) is 47.0 Å². The Labute approximate surface area is 134 Å². The van der Waals surface area contributed by atoms with Crippen molar-refractivity contribution in [3.63, 3.8) is 0 Å². The predicted molar refractivity (Wildman–Crippen MR) is 88.6 cm³/mol. The molecular formula is C17H21N5O. The first-order chi connectivity index (χ1) is 11.0. The van der Waals surface area contributed by atoms with Gasteiger partial charge in [-0.25, -0.2) is 9.97 Å². The Hall–Kier alpha value is -2.47. The van der Waals surface area contributed by atoms with Crippen LogP contribution in [0.25, 0.3) is 16.9 Å². The van der Waals surface area contributed by atoms with Gasteiger partial charge in [0.2, 0.25) is 0 Å². The van der Waals surface area contributed by atoms with Gasteiger partial charge in [0.25, 0.3) is 0 Å². The van der Waals surface area contributed by atoms with Gasteiger partial charge in [-0.15, -0.1) is 0 Å². The molecule has 0 saturated carbocycles. The highest BCUT2D eigenvalue weighted by Gasteiger charge is 2.16. The molecule has 0 aromatic carbocycles. The molecule has 120 valence electrons. The van der Waals surface area contributed by atoms with Crippen molar-refractivity contribution < 1.29 is 5.11 Å². The second-order valence-corrected chi connectivity index (χ2v) is 5.75. The van der Waals surface area contributed by atoms with Gasteiger partial charge in [-0.3, -0.25) is 9.98 Å². The monoisotopic (exact) mass is 311 g/mol. The lowest BCUT2D eigenvalue weighted by Gasteiger charge is -2.09. The molecule has 0 aliphatic heterocycles. The maximum atomic E-state index is 9.00. The SMILES string of the molecule is Cc1cccc(-n2c(C)c(C)c3c(=N)n(CCCO)cnc32)n1. The Balaban J connectivity index is 2.27. The van der Waals surface area contributed by atoms with E-state index in [2.05, 4.69) is 9.97 Å². The summed E-state index contributed by atoms with van der Waals surface area (Å²) in [6.07, 6.45) is 2.29. The van der Waals surface area contributed by atoms with Crippen molar-refractivity contribution in [2.75, 3.05) is 6.61 Å². The normalized spacial score (nSPS) is 11.3. The van der Waals surface area contributed by atoms with Crippen LogP contribution in [0.4, 0.5) is 0 Å². The first-order valence-electron chi connectivity index (χ1n) is 7.71. The zero-order chi connectivity index (χ0) is 16.6. The molecule has 6 heteroatoms. The topological polar surface area (TPSA) is 79.7 Å². The van der Waals surface area contributed by atoms with E-state index in [0.717, 1.165) is 33.8 Å². The molecule has 23 heavy (non-hydrogen) atoms. The lowest BCUT2D eigenvalue weighted by Crippen LogP contribution is -2.21. The number of nitrogens with one attached hydrogen (secondary N) is 1. The second-order valence-electron chi connectivity index (χ2n) is 5.75. The van der Waals surface area contributed by atoms with E-state index in [-0.39, 0.29) is 6.61 Å². The lowest BCUT2D eigenvalue weighted by molar-refractivity contribution is 0.278. The molecule has 0 aliphatic rings. The van der Waals surface area contributed by atoms with Gasteiger partial charge in [-0.05, 0) is 44.9 Å². The molecule has 0 fully saturated rings. The van der Waals surface area contributed by atoms with Crippen molar-refractivity contribution in [1.29, 1.82) is 5.41 Å². The van der Waals surface area contributed by atoms with Crippen LogP contribution < -0.4 is 5.49 Å². The molecule has 3 aromatic heterocycles. The largest absolute Gasteiger partial charge is 0.396 e. The number of aromatic nitrogens is 4. The fourth-order valence-corrected chi connectivity index (χ4v) is 2.86. The molecule has 0 bridgehead atoms. The van der Waals surface area contributed by atoms with Crippen LogP contribution in [0.1, 0.15) is 23.4 Å². The smallest absolute Gasteiger partial charge is 0.151 e. The van der Waals surface area contributed by atoms with E-state index in [1.54, 1.807) is 10.9 Å². The number of aryl methyl sites for hydroxylation is 3. The minimum atomic E-state index is 0.108. The number of aliphatic hydroxyl groups is 1.